The Balaban J connectivity index is 2.88. The van der Waals surface area contributed by atoms with Gasteiger partial charge in [-0.25, -0.2) is 0 Å². The Hall–Kier alpha value is -0.970. The van der Waals surface area contributed by atoms with Crippen molar-refractivity contribution < 1.29 is 9.53 Å². The number of nitrogens with one attached hydrogen (secondary N) is 1. The Bertz CT molecular complexity index is 436. The quantitative estimate of drug-likeness (QED) is 0.905. The first-order chi connectivity index (χ1) is 8.47. The van der Waals surface area contributed by atoms with E-state index in [2.05, 4.69) is 5.32 Å². The molecule has 0 atom stereocenters. The monoisotopic (exact) mass is 290 g/mol. The van der Waals surface area contributed by atoms with Crippen molar-refractivity contribution in [3.05, 3.63) is 27.7 Å². The predicted octanol–water partition coefficient (Wildman–Crippen LogP) is 2.29. The van der Waals surface area contributed by atoms with Gasteiger partial charge in [-0.15, -0.1) is 0 Å². The first-order valence-electron chi connectivity index (χ1n) is 5.42. The minimum atomic E-state index is -0.291. The maximum atomic E-state index is 12.0. The van der Waals surface area contributed by atoms with E-state index in [1.165, 1.54) is 7.11 Å². The zero-order valence-corrected chi connectivity index (χ0v) is 12.1. The standard InChI is InChI=1S/C12H16Cl2N2O2/c1-16(2)7-6-15-12(17)10-8(13)4-5-9(14)11(10)18-3/h4-5H,6-7H2,1-3H3,(H,15,17). The summed E-state index contributed by atoms with van der Waals surface area (Å²) in [6, 6.07) is 3.17. The van der Waals surface area contributed by atoms with Crippen LogP contribution in [-0.4, -0.2) is 45.1 Å². The van der Waals surface area contributed by atoms with Gasteiger partial charge in [0.15, 0.2) is 5.75 Å². The minimum Gasteiger partial charge on any atom is -0.494 e. The van der Waals surface area contributed by atoms with Gasteiger partial charge in [-0.05, 0) is 26.2 Å². The molecule has 1 rings (SSSR count). The number of benzene rings is 1. The van der Waals surface area contributed by atoms with Crippen LogP contribution in [0.25, 0.3) is 0 Å². The molecule has 1 N–H and O–H groups in total. The van der Waals surface area contributed by atoms with Gasteiger partial charge < -0.3 is 15.0 Å². The van der Waals surface area contributed by atoms with Crippen molar-refractivity contribution in [2.24, 2.45) is 0 Å². The summed E-state index contributed by atoms with van der Waals surface area (Å²) >= 11 is 12.0. The van der Waals surface area contributed by atoms with Crippen molar-refractivity contribution in [2.45, 2.75) is 0 Å². The number of hydrogen-bond acceptors (Lipinski definition) is 3. The summed E-state index contributed by atoms with van der Waals surface area (Å²) in [5.41, 5.74) is 0.269. The average Bonchev–Trinajstić information content (AvgIpc) is 2.30. The van der Waals surface area contributed by atoms with Crippen LogP contribution in [0.15, 0.2) is 12.1 Å². The number of rotatable bonds is 5. The topological polar surface area (TPSA) is 41.6 Å². The molecule has 0 saturated heterocycles. The van der Waals surface area contributed by atoms with Gasteiger partial charge in [0.25, 0.3) is 5.91 Å². The summed E-state index contributed by atoms with van der Waals surface area (Å²) < 4.78 is 5.12. The molecule has 18 heavy (non-hydrogen) atoms. The van der Waals surface area contributed by atoms with E-state index in [0.717, 1.165) is 6.54 Å². The number of carbonyl (C=O) groups is 1. The van der Waals surface area contributed by atoms with E-state index in [9.17, 15) is 4.79 Å². The molecule has 0 aliphatic heterocycles. The van der Waals surface area contributed by atoms with Gasteiger partial charge in [0.05, 0.1) is 17.2 Å². The molecule has 1 amide bonds. The summed E-state index contributed by atoms with van der Waals surface area (Å²) in [5, 5.41) is 3.45. The fourth-order valence-electron chi connectivity index (χ4n) is 1.43. The SMILES string of the molecule is COc1c(Cl)ccc(Cl)c1C(=O)NCCN(C)C. The van der Waals surface area contributed by atoms with E-state index in [0.29, 0.717) is 22.3 Å². The summed E-state index contributed by atoms with van der Waals surface area (Å²) in [5.74, 6) is 0.00715. The molecule has 1 aromatic carbocycles. The molecule has 0 heterocycles. The summed E-state index contributed by atoms with van der Waals surface area (Å²) in [4.78, 5) is 14.0. The number of amides is 1. The zero-order chi connectivity index (χ0) is 13.7. The van der Waals surface area contributed by atoms with Crippen molar-refractivity contribution in [1.29, 1.82) is 0 Å². The minimum absolute atomic E-state index is 0.269. The third kappa shape index (κ3) is 3.77. The van der Waals surface area contributed by atoms with E-state index in [1.807, 2.05) is 19.0 Å². The lowest BCUT2D eigenvalue weighted by Gasteiger charge is -2.14. The molecular weight excluding hydrogens is 275 g/mol. The van der Waals surface area contributed by atoms with Crippen LogP contribution >= 0.6 is 23.2 Å². The van der Waals surface area contributed by atoms with Crippen molar-refractivity contribution in [2.75, 3.05) is 34.3 Å². The van der Waals surface area contributed by atoms with Crippen LogP contribution in [0, 0.1) is 0 Å². The molecule has 0 aromatic heterocycles. The highest BCUT2D eigenvalue weighted by Crippen LogP contribution is 2.33. The molecule has 1 aromatic rings. The molecule has 0 aliphatic carbocycles. The molecule has 0 spiro atoms. The normalized spacial score (nSPS) is 10.6. The molecule has 0 aliphatic rings. The van der Waals surface area contributed by atoms with E-state index < -0.39 is 0 Å². The van der Waals surface area contributed by atoms with Gasteiger partial charge in [-0.2, -0.15) is 0 Å². The van der Waals surface area contributed by atoms with Crippen LogP contribution in [0.1, 0.15) is 10.4 Å². The van der Waals surface area contributed by atoms with Gasteiger partial charge in [0.2, 0.25) is 0 Å². The second kappa shape index (κ2) is 6.83. The Labute approximate surface area is 117 Å². The number of carbonyl (C=O) groups excluding carboxylic acids is 1. The van der Waals surface area contributed by atoms with Crippen molar-refractivity contribution in [3.8, 4) is 5.75 Å². The molecule has 0 fully saturated rings. The number of nitrogens with zero attached hydrogens (tertiary/aromatic N) is 1. The summed E-state index contributed by atoms with van der Waals surface area (Å²) in [7, 11) is 5.31. The van der Waals surface area contributed by atoms with E-state index in [4.69, 9.17) is 27.9 Å². The maximum absolute atomic E-state index is 12.0. The highest BCUT2D eigenvalue weighted by atomic mass is 35.5. The fraction of sp³-hybridized carbons (Fsp3) is 0.417. The Morgan fingerprint density at radius 3 is 2.50 bits per heavy atom. The van der Waals surface area contributed by atoms with Crippen molar-refractivity contribution >= 4 is 29.1 Å². The van der Waals surface area contributed by atoms with Gasteiger partial charge in [-0.1, -0.05) is 23.2 Å². The van der Waals surface area contributed by atoms with Gasteiger partial charge in [-0.3, -0.25) is 4.79 Å². The lowest BCUT2D eigenvalue weighted by atomic mass is 10.2. The highest BCUT2D eigenvalue weighted by molar-refractivity contribution is 6.37. The van der Waals surface area contributed by atoms with Crippen LogP contribution < -0.4 is 10.1 Å². The first-order valence-corrected chi connectivity index (χ1v) is 6.18. The average molecular weight is 291 g/mol. The third-order valence-electron chi connectivity index (χ3n) is 2.33. The zero-order valence-electron chi connectivity index (χ0n) is 10.6. The molecule has 100 valence electrons. The lowest BCUT2D eigenvalue weighted by molar-refractivity contribution is 0.0948. The highest BCUT2D eigenvalue weighted by Gasteiger charge is 2.18. The first kappa shape index (κ1) is 15.1. The molecule has 0 bridgehead atoms. The van der Waals surface area contributed by atoms with Crippen molar-refractivity contribution in [3.63, 3.8) is 0 Å². The number of likely N-dealkylation sites (N-methyl/N-ethyl adjacent to an activating group) is 1. The Kier molecular flexibility index (Phi) is 5.72. The fourth-order valence-corrected chi connectivity index (χ4v) is 1.90. The predicted molar refractivity (Wildman–Crippen MR) is 73.9 cm³/mol. The van der Waals surface area contributed by atoms with E-state index in [1.54, 1.807) is 12.1 Å². The van der Waals surface area contributed by atoms with E-state index >= 15 is 0 Å². The van der Waals surface area contributed by atoms with Crippen molar-refractivity contribution in [1.82, 2.24) is 10.2 Å². The van der Waals surface area contributed by atoms with E-state index in [-0.39, 0.29) is 11.5 Å². The third-order valence-corrected chi connectivity index (χ3v) is 2.95. The van der Waals surface area contributed by atoms with Gasteiger partial charge in [0, 0.05) is 13.1 Å². The molecule has 6 heteroatoms. The lowest BCUT2D eigenvalue weighted by Crippen LogP contribution is -2.31. The largest absolute Gasteiger partial charge is 0.494 e. The molecule has 0 radical (unpaired) electrons. The smallest absolute Gasteiger partial charge is 0.256 e. The number of halogens is 2. The molecule has 4 nitrogen and oxygen atoms in total. The molecule has 0 unspecified atom stereocenters. The van der Waals surface area contributed by atoms with Crippen LogP contribution in [-0.2, 0) is 0 Å². The molecule has 0 saturated carbocycles. The second-order valence-electron chi connectivity index (χ2n) is 4.00. The number of hydrogen-bond donors (Lipinski definition) is 1. The molecular formula is C12H16Cl2N2O2. The van der Waals surface area contributed by atoms with Gasteiger partial charge >= 0.3 is 0 Å². The number of methoxy groups -OCH3 is 1. The van der Waals surface area contributed by atoms with Crippen LogP contribution in [0.2, 0.25) is 10.0 Å². The Morgan fingerprint density at radius 2 is 1.94 bits per heavy atom. The second-order valence-corrected chi connectivity index (χ2v) is 4.81. The van der Waals surface area contributed by atoms with Crippen LogP contribution in [0.4, 0.5) is 0 Å². The van der Waals surface area contributed by atoms with Gasteiger partial charge in [0.1, 0.15) is 5.56 Å². The summed E-state index contributed by atoms with van der Waals surface area (Å²) in [6.07, 6.45) is 0. The maximum Gasteiger partial charge on any atom is 0.256 e. The van der Waals surface area contributed by atoms with Crippen LogP contribution in [0.5, 0.6) is 5.75 Å². The van der Waals surface area contributed by atoms with Crippen LogP contribution in [0.3, 0.4) is 0 Å². The number of ether oxygens (including phenoxy) is 1. The summed E-state index contributed by atoms with van der Waals surface area (Å²) in [6.45, 7) is 1.27. The Morgan fingerprint density at radius 1 is 1.33 bits per heavy atom.